The molecule has 0 bridgehead atoms. The molecule has 2 amide bonds. The molecule has 2 heterocycles. The molecule has 6 nitrogen and oxygen atoms in total. The first kappa shape index (κ1) is 19.0. The molecule has 0 unspecified atom stereocenters. The molecule has 1 aromatic rings. The predicted octanol–water partition coefficient (Wildman–Crippen LogP) is 3.15. The lowest BCUT2D eigenvalue weighted by atomic mass is 9.78. The third kappa shape index (κ3) is 3.91. The number of rotatable bonds is 4. The second-order valence-electron chi connectivity index (χ2n) is 8.12. The molecule has 3 aliphatic rings. The van der Waals surface area contributed by atoms with Crippen LogP contribution in [0.4, 0.5) is 5.69 Å². The number of carbonyl (C=O) groups excluding carboxylic acids is 3. The Morgan fingerprint density at radius 1 is 1.04 bits per heavy atom. The maximum atomic E-state index is 12.7. The molecule has 3 fully saturated rings. The lowest BCUT2D eigenvalue weighted by molar-refractivity contribution is -0.140. The van der Waals surface area contributed by atoms with Crippen molar-refractivity contribution in [1.29, 1.82) is 0 Å². The molecule has 0 spiro atoms. The zero-order valence-electron chi connectivity index (χ0n) is 16.3. The standard InChI is InChI=1S/C22H28N2O4/c25-20-11-5-12-23(20)18-9-3-7-17(14-18)22(27)28-15-21(26)24-13-4-8-16-6-1-2-10-19(16)24/h3,7,9,14,16,19H,1-2,4-6,8,10-13,15H2/t16-,19-/m0/s1. The smallest absolute Gasteiger partial charge is 0.338 e. The summed E-state index contributed by atoms with van der Waals surface area (Å²) in [6.45, 7) is 1.23. The first-order valence-electron chi connectivity index (χ1n) is 10.5. The van der Waals surface area contributed by atoms with Crippen molar-refractivity contribution in [3.8, 4) is 0 Å². The number of anilines is 1. The molecule has 0 aromatic heterocycles. The Bertz CT molecular complexity index is 761. The van der Waals surface area contributed by atoms with Crippen molar-refractivity contribution in [3.05, 3.63) is 29.8 Å². The molecule has 4 rings (SSSR count). The number of nitrogens with zero attached hydrogens (tertiary/aromatic N) is 2. The largest absolute Gasteiger partial charge is 0.452 e. The van der Waals surface area contributed by atoms with E-state index >= 15 is 0 Å². The van der Waals surface area contributed by atoms with Crippen LogP contribution in [0.15, 0.2) is 24.3 Å². The Morgan fingerprint density at radius 3 is 2.68 bits per heavy atom. The SMILES string of the molecule is O=C(OCC(=O)N1CCC[C@@H]2CCCC[C@@H]21)c1cccc(N2CCCC2=O)c1. The Kier molecular flexibility index (Phi) is 5.64. The number of carbonyl (C=O) groups is 3. The van der Waals surface area contributed by atoms with E-state index in [0.29, 0.717) is 36.2 Å². The van der Waals surface area contributed by atoms with Crippen molar-refractivity contribution in [1.82, 2.24) is 4.90 Å². The van der Waals surface area contributed by atoms with E-state index < -0.39 is 5.97 Å². The van der Waals surface area contributed by atoms with Gasteiger partial charge >= 0.3 is 5.97 Å². The van der Waals surface area contributed by atoms with Crippen LogP contribution in [0.1, 0.15) is 61.7 Å². The number of piperidine rings is 1. The van der Waals surface area contributed by atoms with E-state index in [1.165, 1.54) is 25.7 Å². The summed E-state index contributed by atoms with van der Waals surface area (Å²) < 4.78 is 5.33. The Hall–Kier alpha value is -2.37. The molecule has 2 saturated heterocycles. The van der Waals surface area contributed by atoms with E-state index in [1.54, 1.807) is 23.1 Å². The molecule has 2 atom stereocenters. The highest BCUT2D eigenvalue weighted by Gasteiger charge is 2.35. The third-order valence-electron chi connectivity index (χ3n) is 6.36. The summed E-state index contributed by atoms with van der Waals surface area (Å²) in [5.41, 5.74) is 1.09. The van der Waals surface area contributed by atoms with Gasteiger partial charge < -0.3 is 14.5 Å². The first-order chi connectivity index (χ1) is 13.6. The Labute approximate surface area is 165 Å². The minimum Gasteiger partial charge on any atom is -0.452 e. The summed E-state index contributed by atoms with van der Waals surface area (Å²) in [5.74, 6) is 0.0829. The quantitative estimate of drug-likeness (QED) is 0.748. The summed E-state index contributed by atoms with van der Waals surface area (Å²) in [6, 6.07) is 7.22. The number of benzene rings is 1. The van der Waals surface area contributed by atoms with Crippen molar-refractivity contribution in [2.75, 3.05) is 24.6 Å². The van der Waals surface area contributed by atoms with Crippen LogP contribution in [0.25, 0.3) is 0 Å². The number of hydrogen-bond donors (Lipinski definition) is 0. The first-order valence-corrected chi connectivity index (χ1v) is 10.5. The highest BCUT2D eigenvalue weighted by Crippen LogP contribution is 2.35. The van der Waals surface area contributed by atoms with Gasteiger partial charge in [-0.15, -0.1) is 0 Å². The van der Waals surface area contributed by atoms with Crippen LogP contribution >= 0.6 is 0 Å². The minimum absolute atomic E-state index is 0.0767. The molecule has 0 radical (unpaired) electrons. The van der Waals surface area contributed by atoms with Gasteiger partial charge in [0.15, 0.2) is 6.61 Å². The van der Waals surface area contributed by atoms with Crippen LogP contribution < -0.4 is 4.90 Å². The zero-order valence-corrected chi connectivity index (χ0v) is 16.3. The molecular weight excluding hydrogens is 356 g/mol. The van der Waals surface area contributed by atoms with Crippen molar-refractivity contribution in [2.45, 2.75) is 57.4 Å². The molecule has 6 heteroatoms. The van der Waals surface area contributed by atoms with Crippen LogP contribution in [0.3, 0.4) is 0 Å². The predicted molar refractivity (Wildman–Crippen MR) is 105 cm³/mol. The fraction of sp³-hybridized carbons (Fsp3) is 0.591. The molecular formula is C22H28N2O4. The normalized spacial score (nSPS) is 24.8. The summed E-state index contributed by atoms with van der Waals surface area (Å²) in [4.78, 5) is 40.7. The average molecular weight is 384 g/mol. The van der Waals surface area contributed by atoms with Gasteiger partial charge in [-0.25, -0.2) is 4.79 Å². The third-order valence-corrected chi connectivity index (χ3v) is 6.36. The second kappa shape index (κ2) is 8.33. The van der Waals surface area contributed by atoms with Gasteiger partial charge in [0, 0.05) is 31.2 Å². The maximum absolute atomic E-state index is 12.7. The van der Waals surface area contributed by atoms with E-state index in [1.807, 2.05) is 11.0 Å². The highest BCUT2D eigenvalue weighted by atomic mass is 16.5. The summed E-state index contributed by atoms with van der Waals surface area (Å²) in [7, 11) is 0. The Morgan fingerprint density at radius 2 is 1.86 bits per heavy atom. The van der Waals surface area contributed by atoms with Gasteiger partial charge in [-0.1, -0.05) is 18.9 Å². The molecule has 2 aliphatic heterocycles. The van der Waals surface area contributed by atoms with E-state index in [-0.39, 0.29) is 18.4 Å². The number of fused-ring (bicyclic) bond motifs is 1. The monoisotopic (exact) mass is 384 g/mol. The van der Waals surface area contributed by atoms with E-state index in [0.717, 1.165) is 25.8 Å². The minimum atomic E-state index is -0.515. The van der Waals surface area contributed by atoms with Gasteiger partial charge in [-0.05, 0) is 56.2 Å². The average Bonchev–Trinajstić information content (AvgIpc) is 3.17. The number of hydrogen-bond acceptors (Lipinski definition) is 4. The second-order valence-corrected chi connectivity index (χ2v) is 8.12. The topological polar surface area (TPSA) is 66.9 Å². The molecule has 28 heavy (non-hydrogen) atoms. The summed E-state index contributed by atoms with van der Waals surface area (Å²) in [6.07, 6.45) is 8.32. The van der Waals surface area contributed by atoms with Gasteiger partial charge in [0.25, 0.3) is 5.91 Å². The summed E-state index contributed by atoms with van der Waals surface area (Å²) in [5, 5.41) is 0. The van der Waals surface area contributed by atoms with Crippen molar-refractivity contribution >= 4 is 23.5 Å². The highest BCUT2D eigenvalue weighted by molar-refractivity contribution is 5.97. The molecule has 150 valence electrons. The lowest BCUT2D eigenvalue weighted by Crippen LogP contribution is -2.50. The summed E-state index contributed by atoms with van der Waals surface area (Å²) >= 11 is 0. The van der Waals surface area contributed by atoms with Crippen LogP contribution in [0.2, 0.25) is 0 Å². The van der Waals surface area contributed by atoms with Crippen molar-refractivity contribution in [3.63, 3.8) is 0 Å². The van der Waals surface area contributed by atoms with Crippen LogP contribution in [0.5, 0.6) is 0 Å². The van der Waals surface area contributed by atoms with E-state index in [2.05, 4.69) is 0 Å². The van der Waals surface area contributed by atoms with Gasteiger partial charge in [-0.2, -0.15) is 0 Å². The number of amides is 2. The fourth-order valence-electron chi connectivity index (χ4n) is 4.95. The van der Waals surface area contributed by atoms with Crippen LogP contribution in [-0.4, -0.2) is 48.4 Å². The van der Waals surface area contributed by atoms with Crippen LogP contribution in [-0.2, 0) is 14.3 Å². The van der Waals surface area contributed by atoms with Crippen molar-refractivity contribution in [2.24, 2.45) is 5.92 Å². The number of likely N-dealkylation sites (tertiary alicyclic amines) is 1. The van der Waals surface area contributed by atoms with Crippen LogP contribution in [0, 0.1) is 5.92 Å². The lowest BCUT2D eigenvalue weighted by Gasteiger charge is -2.44. The maximum Gasteiger partial charge on any atom is 0.338 e. The molecule has 0 N–H and O–H groups in total. The van der Waals surface area contributed by atoms with E-state index in [4.69, 9.17) is 4.74 Å². The van der Waals surface area contributed by atoms with Gasteiger partial charge in [0.05, 0.1) is 5.56 Å². The zero-order chi connectivity index (χ0) is 19.5. The van der Waals surface area contributed by atoms with E-state index in [9.17, 15) is 14.4 Å². The molecule has 1 saturated carbocycles. The van der Waals surface area contributed by atoms with Crippen molar-refractivity contribution < 1.29 is 19.1 Å². The molecule has 1 aromatic carbocycles. The number of esters is 1. The Balaban J connectivity index is 1.36. The molecule has 1 aliphatic carbocycles. The van der Waals surface area contributed by atoms with Gasteiger partial charge in [-0.3, -0.25) is 9.59 Å². The van der Waals surface area contributed by atoms with Gasteiger partial charge in [0.2, 0.25) is 5.91 Å². The number of ether oxygens (including phenoxy) is 1. The van der Waals surface area contributed by atoms with Gasteiger partial charge in [0.1, 0.15) is 0 Å². The fourth-order valence-corrected chi connectivity index (χ4v) is 4.95.